The lowest BCUT2D eigenvalue weighted by molar-refractivity contribution is -0.140. The van der Waals surface area contributed by atoms with Crippen LogP contribution in [0.1, 0.15) is 16.8 Å². The highest BCUT2D eigenvalue weighted by molar-refractivity contribution is 7.95. The molecule has 1 saturated heterocycles. The summed E-state index contributed by atoms with van der Waals surface area (Å²) in [5.41, 5.74) is 3.25. The van der Waals surface area contributed by atoms with Crippen LogP contribution in [-0.4, -0.2) is 51.3 Å². The molecule has 0 radical (unpaired) electrons. The molecule has 0 atom stereocenters. The second-order valence-electron chi connectivity index (χ2n) is 8.04. The highest BCUT2D eigenvalue weighted by Gasteiger charge is 2.40. The molecule has 2 aromatic carbocycles. The predicted molar refractivity (Wildman–Crippen MR) is 136 cm³/mol. The van der Waals surface area contributed by atoms with Crippen molar-refractivity contribution < 1.29 is 9.59 Å². The normalized spacial score (nSPS) is 14.8. The summed E-state index contributed by atoms with van der Waals surface area (Å²) in [6.07, 6.45) is 5.39. The van der Waals surface area contributed by atoms with Crippen LogP contribution in [0.2, 0.25) is 0 Å². The van der Waals surface area contributed by atoms with E-state index in [-0.39, 0.29) is 11.8 Å². The van der Waals surface area contributed by atoms with Crippen molar-refractivity contribution in [1.82, 2.24) is 13.6 Å². The number of amides is 2. The fourth-order valence-electron chi connectivity index (χ4n) is 3.70. The van der Waals surface area contributed by atoms with Crippen LogP contribution < -0.4 is 0 Å². The molecular formula is C27H28N4O2S. The topological polar surface area (TPSA) is 65.9 Å². The SMILES string of the molecule is O=C1C(C=NCCc2ccccn2)C(=O)N(CCc2ccccc2)SN1CCc1ccccc1. The van der Waals surface area contributed by atoms with E-state index in [9.17, 15) is 9.59 Å². The van der Waals surface area contributed by atoms with Gasteiger partial charge in [0.1, 0.15) is 0 Å². The summed E-state index contributed by atoms with van der Waals surface area (Å²) in [6.45, 7) is 1.54. The zero-order valence-corrected chi connectivity index (χ0v) is 19.8. The summed E-state index contributed by atoms with van der Waals surface area (Å²) < 4.78 is 3.41. The van der Waals surface area contributed by atoms with Gasteiger partial charge in [-0.05, 0) is 36.1 Å². The molecule has 2 heterocycles. The van der Waals surface area contributed by atoms with Crippen LogP contribution in [-0.2, 0) is 28.9 Å². The van der Waals surface area contributed by atoms with E-state index in [2.05, 4.69) is 9.98 Å². The van der Waals surface area contributed by atoms with Gasteiger partial charge in [0.25, 0.3) is 11.8 Å². The van der Waals surface area contributed by atoms with Crippen molar-refractivity contribution in [3.8, 4) is 0 Å². The highest BCUT2D eigenvalue weighted by atomic mass is 32.2. The lowest BCUT2D eigenvalue weighted by Crippen LogP contribution is -2.50. The van der Waals surface area contributed by atoms with E-state index in [1.165, 1.54) is 18.3 Å². The number of aromatic nitrogens is 1. The van der Waals surface area contributed by atoms with E-state index in [4.69, 9.17) is 0 Å². The fraction of sp³-hybridized carbons (Fsp3) is 0.259. The van der Waals surface area contributed by atoms with Crippen molar-refractivity contribution in [2.24, 2.45) is 10.9 Å². The van der Waals surface area contributed by atoms with Gasteiger partial charge in [-0.1, -0.05) is 66.7 Å². The number of hydrogen-bond donors (Lipinski definition) is 0. The summed E-state index contributed by atoms with van der Waals surface area (Å²) in [4.78, 5) is 35.1. The highest BCUT2D eigenvalue weighted by Crippen LogP contribution is 2.28. The molecule has 3 aromatic rings. The van der Waals surface area contributed by atoms with Crippen LogP contribution in [0, 0.1) is 5.92 Å². The minimum absolute atomic E-state index is 0.205. The third-order valence-electron chi connectivity index (χ3n) is 5.59. The van der Waals surface area contributed by atoms with Gasteiger partial charge in [-0.15, -0.1) is 0 Å². The van der Waals surface area contributed by atoms with Gasteiger partial charge in [-0.2, -0.15) is 0 Å². The Morgan fingerprint density at radius 3 is 1.85 bits per heavy atom. The molecule has 0 spiro atoms. The number of pyridine rings is 1. The average molecular weight is 473 g/mol. The van der Waals surface area contributed by atoms with E-state index >= 15 is 0 Å². The summed E-state index contributed by atoms with van der Waals surface area (Å²) >= 11 is 1.22. The number of carbonyl (C=O) groups is 2. The molecule has 0 aliphatic carbocycles. The standard InChI is InChI=1S/C27H28N4O2S/c32-26-25(21-28-18-14-24-13-7-8-17-29-24)27(33)31(20-16-23-11-5-2-6-12-23)34-30(26)19-15-22-9-3-1-4-10-22/h1-13,17,21,25H,14-16,18-20H2. The van der Waals surface area contributed by atoms with E-state index < -0.39 is 5.92 Å². The van der Waals surface area contributed by atoms with E-state index in [0.29, 0.717) is 26.1 Å². The number of carbonyl (C=O) groups excluding carboxylic acids is 2. The maximum absolute atomic E-state index is 13.2. The van der Waals surface area contributed by atoms with Crippen molar-refractivity contribution in [1.29, 1.82) is 0 Å². The van der Waals surface area contributed by atoms with E-state index in [0.717, 1.165) is 29.7 Å². The van der Waals surface area contributed by atoms with Crippen LogP contribution in [0.4, 0.5) is 0 Å². The molecule has 2 amide bonds. The minimum atomic E-state index is -0.892. The predicted octanol–water partition coefficient (Wildman–Crippen LogP) is 4.03. The molecule has 1 aliphatic heterocycles. The molecule has 1 fully saturated rings. The fourth-order valence-corrected chi connectivity index (χ4v) is 4.67. The zero-order chi connectivity index (χ0) is 23.6. The molecule has 7 heteroatoms. The third-order valence-corrected chi connectivity index (χ3v) is 6.71. The molecule has 1 aromatic heterocycles. The van der Waals surface area contributed by atoms with Gasteiger partial charge < -0.3 is 0 Å². The van der Waals surface area contributed by atoms with Gasteiger partial charge in [0, 0.05) is 44.2 Å². The molecule has 0 N–H and O–H groups in total. The number of rotatable bonds is 10. The Balaban J connectivity index is 1.43. The second kappa shape index (κ2) is 12.1. The first-order valence-electron chi connectivity index (χ1n) is 11.5. The number of aliphatic imine (C=N–C) groups is 1. The minimum Gasteiger partial charge on any atom is -0.296 e. The molecule has 6 nitrogen and oxygen atoms in total. The Morgan fingerprint density at radius 1 is 0.765 bits per heavy atom. The van der Waals surface area contributed by atoms with Gasteiger partial charge in [0.2, 0.25) is 0 Å². The Morgan fingerprint density at radius 2 is 1.32 bits per heavy atom. The van der Waals surface area contributed by atoms with Crippen LogP contribution in [0.3, 0.4) is 0 Å². The van der Waals surface area contributed by atoms with Crippen molar-refractivity contribution in [2.75, 3.05) is 19.6 Å². The quantitative estimate of drug-likeness (QED) is 0.254. The van der Waals surface area contributed by atoms with Gasteiger partial charge in [0.05, 0.1) is 12.1 Å². The Bertz CT molecular complexity index is 1030. The first kappa shape index (κ1) is 23.7. The van der Waals surface area contributed by atoms with Crippen molar-refractivity contribution in [2.45, 2.75) is 19.3 Å². The summed E-state index contributed by atoms with van der Waals surface area (Å²) in [5, 5.41) is 0. The summed E-state index contributed by atoms with van der Waals surface area (Å²) in [6, 6.07) is 25.9. The summed E-state index contributed by atoms with van der Waals surface area (Å²) in [7, 11) is 0. The van der Waals surface area contributed by atoms with E-state index in [1.54, 1.807) is 14.8 Å². The van der Waals surface area contributed by atoms with Crippen molar-refractivity contribution in [3.05, 3.63) is 102 Å². The van der Waals surface area contributed by atoms with Crippen molar-refractivity contribution in [3.63, 3.8) is 0 Å². The molecule has 174 valence electrons. The maximum atomic E-state index is 13.2. The average Bonchev–Trinajstić information content (AvgIpc) is 2.89. The summed E-state index contributed by atoms with van der Waals surface area (Å²) in [5.74, 6) is -1.30. The van der Waals surface area contributed by atoms with Crippen LogP contribution in [0.25, 0.3) is 0 Å². The molecule has 34 heavy (non-hydrogen) atoms. The largest absolute Gasteiger partial charge is 0.296 e. The first-order valence-corrected chi connectivity index (χ1v) is 12.2. The van der Waals surface area contributed by atoms with Crippen LogP contribution in [0.15, 0.2) is 90.1 Å². The smallest absolute Gasteiger partial charge is 0.251 e. The van der Waals surface area contributed by atoms with Gasteiger partial charge in [-0.3, -0.25) is 28.2 Å². The Labute approximate surface area is 205 Å². The molecular weight excluding hydrogens is 444 g/mol. The van der Waals surface area contributed by atoms with Gasteiger partial charge in [-0.25, -0.2) is 0 Å². The first-order chi connectivity index (χ1) is 16.7. The Kier molecular flexibility index (Phi) is 8.46. The molecule has 0 bridgehead atoms. The Hall–Kier alpha value is -3.45. The van der Waals surface area contributed by atoms with Crippen LogP contribution >= 0.6 is 12.1 Å². The molecule has 0 saturated carbocycles. The van der Waals surface area contributed by atoms with Crippen LogP contribution in [0.5, 0.6) is 0 Å². The lowest BCUT2D eigenvalue weighted by atomic mass is 10.1. The van der Waals surface area contributed by atoms with Crippen molar-refractivity contribution >= 4 is 30.2 Å². The number of nitrogens with zero attached hydrogens (tertiary/aromatic N) is 4. The lowest BCUT2D eigenvalue weighted by Gasteiger charge is -2.36. The monoisotopic (exact) mass is 472 g/mol. The zero-order valence-electron chi connectivity index (χ0n) is 19.0. The maximum Gasteiger partial charge on any atom is 0.251 e. The number of benzene rings is 2. The molecule has 0 unspecified atom stereocenters. The van der Waals surface area contributed by atoms with E-state index in [1.807, 2.05) is 78.9 Å². The van der Waals surface area contributed by atoms with Gasteiger partial charge >= 0.3 is 0 Å². The molecule has 4 rings (SSSR count). The third kappa shape index (κ3) is 6.54. The number of hydrogen-bond acceptors (Lipinski definition) is 5. The second-order valence-corrected chi connectivity index (χ2v) is 9.08. The molecule has 1 aliphatic rings. The van der Waals surface area contributed by atoms with Gasteiger partial charge in [0.15, 0.2) is 5.92 Å².